The second-order valence-electron chi connectivity index (χ2n) is 14.8. The van der Waals surface area contributed by atoms with Gasteiger partial charge in [-0.2, -0.15) is 5.10 Å². The molecule has 2 atom stereocenters. The Morgan fingerprint density at radius 1 is 1.15 bits per heavy atom. The minimum atomic E-state index is -1.26. The maximum absolute atomic E-state index is 12.5. The van der Waals surface area contributed by atoms with Crippen molar-refractivity contribution in [1.29, 1.82) is 0 Å². The number of nitrogens with zero attached hydrogens (tertiary/aromatic N) is 6. The Morgan fingerprint density at radius 2 is 1.87 bits per heavy atom. The molecule has 2 unspecified atom stereocenters. The molecule has 1 aromatic carbocycles. The summed E-state index contributed by atoms with van der Waals surface area (Å²) in [6.45, 7) is 13.6. The maximum Gasteiger partial charge on any atom is 0.407 e. The van der Waals surface area contributed by atoms with Crippen LogP contribution in [0.15, 0.2) is 24.5 Å². The monoisotopic (exact) mass is 665 g/mol. The van der Waals surface area contributed by atoms with Gasteiger partial charge in [0.1, 0.15) is 29.4 Å². The van der Waals surface area contributed by atoms with Crippen LogP contribution >= 0.6 is 11.6 Å². The van der Waals surface area contributed by atoms with Crippen molar-refractivity contribution in [2.24, 2.45) is 7.05 Å². The first-order valence-electron chi connectivity index (χ1n) is 16.0. The van der Waals surface area contributed by atoms with Crippen LogP contribution in [-0.2, 0) is 23.3 Å². The van der Waals surface area contributed by atoms with E-state index < -0.39 is 13.7 Å². The summed E-state index contributed by atoms with van der Waals surface area (Å²) < 4.78 is 15.3. The summed E-state index contributed by atoms with van der Waals surface area (Å²) in [7, 11) is 0.474. The summed E-state index contributed by atoms with van der Waals surface area (Å²) in [5.74, 6) is 0.820. The number of rotatable bonds is 9. The normalized spacial score (nSPS) is 20.1. The smallest absolute Gasteiger partial charge is 0.407 e. The molecule has 246 valence electrons. The highest BCUT2D eigenvalue weighted by Crippen LogP contribution is 2.41. The number of aryl methyl sites for hydroxylation is 1. The van der Waals surface area contributed by atoms with Crippen LogP contribution in [0.4, 0.5) is 10.6 Å². The van der Waals surface area contributed by atoms with Crippen LogP contribution in [0.2, 0.25) is 30.7 Å². The number of carbonyl (C=O) groups is 2. The Kier molecular flexibility index (Phi) is 8.66. The number of halogens is 1. The van der Waals surface area contributed by atoms with E-state index in [4.69, 9.17) is 31.0 Å². The van der Waals surface area contributed by atoms with Crippen molar-refractivity contribution in [2.45, 2.75) is 103 Å². The highest BCUT2D eigenvalue weighted by Gasteiger charge is 2.42. The number of anilines is 1. The van der Waals surface area contributed by atoms with E-state index in [2.05, 4.69) is 35.0 Å². The van der Waals surface area contributed by atoms with Gasteiger partial charge in [-0.15, -0.1) is 0 Å². The number of carbonyl (C=O) groups excluding carboxylic acids is 2. The summed E-state index contributed by atoms with van der Waals surface area (Å²) in [5.41, 5.74) is 3.55. The van der Waals surface area contributed by atoms with Gasteiger partial charge in [0, 0.05) is 62.6 Å². The summed E-state index contributed by atoms with van der Waals surface area (Å²) in [5, 5.41) is 8.62. The van der Waals surface area contributed by atoms with Gasteiger partial charge >= 0.3 is 6.09 Å². The molecule has 2 fully saturated rings. The van der Waals surface area contributed by atoms with Crippen LogP contribution in [0.1, 0.15) is 56.9 Å². The lowest BCUT2D eigenvalue weighted by molar-refractivity contribution is 0.0492. The van der Waals surface area contributed by atoms with Crippen molar-refractivity contribution in [1.82, 2.24) is 29.6 Å². The van der Waals surface area contributed by atoms with Gasteiger partial charge in [-0.1, -0.05) is 37.3 Å². The summed E-state index contributed by atoms with van der Waals surface area (Å²) >= 11 is 7.00. The second-order valence-corrected chi connectivity index (χ2v) is 20.8. The Hall–Kier alpha value is -3.48. The van der Waals surface area contributed by atoms with Crippen LogP contribution in [0.5, 0.6) is 0 Å². The van der Waals surface area contributed by atoms with Gasteiger partial charge in [0.15, 0.2) is 11.9 Å². The molecule has 0 radical (unpaired) electrons. The molecule has 1 amide bonds. The Balaban J connectivity index is 1.33. The van der Waals surface area contributed by atoms with E-state index in [1.807, 2.05) is 49.9 Å². The topological polar surface area (TPSA) is 116 Å². The molecule has 2 bridgehead atoms. The fourth-order valence-corrected chi connectivity index (χ4v) is 7.87. The van der Waals surface area contributed by atoms with Crippen LogP contribution < -0.4 is 10.2 Å². The number of ether oxygens (including phenoxy) is 2. The molecule has 4 aromatic rings. The average Bonchev–Trinajstić information content (AvgIpc) is 3.57. The number of hydrogen-bond donors (Lipinski definition) is 1. The number of benzene rings is 1. The fourth-order valence-electron chi connectivity index (χ4n) is 6.76. The Morgan fingerprint density at radius 3 is 2.52 bits per heavy atom. The van der Waals surface area contributed by atoms with E-state index in [0.717, 1.165) is 55.0 Å². The Labute approximate surface area is 275 Å². The van der Waals surface area contributed by atoms with Crippen LogP contribution in [0.3, 0.4) is 0 Å². The molecule has 1 N–H and O–H groups in total. The molecule has 0 spiro atoms. The quantitative estimate of drug-likeness (QED) is 0.118. The largest absolute Gasteiger partial charge is 0.444 e. The van der Waals surface area contributed by atoms with E-state index in [1.54, 1.807) is 11.7 Å². The summed E-state index contributed by atoms with van der Waals surface area (Å²) in [6, 6.07) is 5.40. The van der Waals surface area contributed by atoms with E-state index in [1.165, 1.54) is 0 Å². The van der Waals surface area contributed by atoms with Gasteiger partial charge < -0.3 is 24.3 Å². The number of alkyl carbamates (subject to hydrolysis) is 1. The molecule has 6 rings (SSSR count). The molecule has 0 saturated carbocycles. The van der Waals surface area contributed by atoms with Crippen LogP contribution in [0, 0.1) is 0 Å². The van der Waals surface area contributed by atoms with Crippen molar-refractivity contribution in [3.63, 3.8) is 0 Å². The molecule has 3 aromatic heterocycles. The second kappa shape index (κ2) is 12.3. The Bertz CT molecular complexity index is 1780. The number of piperidine rings is 1. The molecular weight excluding hydrogens is 622 g/mol. The van der Waals surface area contributed by atoms with E-state index in [9.17, 15) is 9.59 Å². The minimum absolute atomic E-state index is 0.0521. The number of fused-ring (bicyclic) bond motifs is 4. The van der Waals surface area contributed by atoms with Gasteiger partial charge in [0.05, 0.1) is 16.7 Å². The summed E-state index contributed by atoms with van der Waals surface area (Å²) in [4.78, 5) is 37.0. The third kappa shape index (κ3) is 6.52. The molecule has 2 aliphatic heterocycles. The lowest BCUT2D eigenvalue weighted by atomic mass is 9.97. The zero-order chi connectivity index (χ0) is 33.0. The van der Waals surface area contributed by atoms with Gasteiger partial charge in [0.2, 0.25) is 0 Å². The molecular formula is C33H44ClN7O4Si. The van der Waals surface area contributed by atoms with Crippen LogP contribution in [0.25, 0.3) is 33.2 Å². The van der Waals surface area contributed by atoms with E-state index in [0.29, 0.717) is 46.1 Å². The number of nitrogens with one attached hydrogen (secondary N) is 1. The highest BCUT2D eigenvalue weighted by molar-refractivity contribution is 6.76. The molecule has 11 nitrogen and oxygen atoms in total. The van der Waals surface area contributed by atoms with Gasteiger partial charge in [-0.05, 0) is 58.6 Å². The van der Waals surface area contributed by atoms with Crippen molar-refractivity contribution in [2.75, 3.05) is 11.5 Å². The molecule has 13 heteroatoms. The third-order valence-corrected chi connectivity index (χ3v) is 11.0. The number of aromatic nitrogens is 5. The SMILES string of the molecule is Cn1nc2ccc(-c3cn(COCC[Si](C)(C)C)c4nc(N5C6CCC5CC(NC(=O)OC(C)(C)C)C6)cnc34)c(Cl)c2c1C=O. The fraction of sp³-hybridized carbons (Fsp3) is 0.545. The van der Waals surface area contributed by atoms with Crippen molar-refractivity contribution < 1.29 is 19.1 Å². The predicted molar refractivity (Wildman–Crippen MR) is 183 cm³/mol. The molecule has 5 heterocycles. The average molecular weight is 666 g/mol. The number of aldehydes is 1. The molecule has 0 aliphatic carbocycles. The minimum Gasteiger partial charge on any atom is -0.444 e. The molecule has 2 aliphatic rings. The summed E-state index contributed by atoms with van der Waals surface area (Å²) in [6.07, 6.45) is 7.97. The zero-order valence-corrected chi connectivity index (χ0v) is 29.5. The third-order valence-electron chi connectivity index (χ3n) is 8.88. The standard InChI is InChI=1S/C33H44ClN7O4Si/c1-33(2,3)45-32(43)36-20-14-21-8-9-22(15-20)41(21)27-16-35-30-24(17-40(31(30)37-27)19-44-12-13-46(5,6)7)23-10-11-25-28(29(23)34)26(18-42)39(4)38-25/h10-11,16-18,20-22H,8-9,12-15,19H2,1-7H3,(H,36,43). The lowest BCUT2D eigenvalue weighted by Crippen LogP contribution is -2.51. The molecule has 2 saturated heterocycles. The highest BCUT2D eigenvalue weighted by atomic mass is 35.5. The first-order chi connectivity index (χ1) is 21.7. The molecule has 46 heavy (non-hydrogen) atoms. The number of amides is 1. The van der Waals surface area contributed by atoms with Crippen molar-refractivity contribution >= 4 is 59.9 Å². The van der Waals surface area contributed by atoms with Crippen molar-refractivity contribution in [3.05, 3.63) is 35.2 Å². The van der Waals surface area contributed by atoms with Gasteiger partial charge in [-0.25, -0.2) is 14.8 Å². The van der Waals surface area contributed by atoms with Crippen molar-refractivity contribution in [3.8, 4) is 11.1 Å². The van der Waals surface area contributed by atoms with Crippen LogP contribution in [-0.4, -0.2) is 75.1 Å². The zero-order valence-electron chi connectivity index (χ0n) is 27.8. The van der Waals surface area contributed by atoms with Gasteiger partial charge in [-0.3, -0.25) is 9.48 Å². The van der Waals surface area contributed by atoms with E-state index >= 15 is 0 Å². The lowest BCUT2D eigenvalue weighted by Gasteiger charge is -2.39. The van der Waals surface area contributed by atoms with Gasteiger partial charge in [0.25, 0.3) is 0 Å². The predicted octanol–water partition coefficient (Wildman–Crippen LogP) is 6.79. The first kappa shape index (κ1) is 32.5. The first-order valence-corrected chi connectivity index (χ1v) is 20.1. The van der Waals surface area contributed by atoms with E-state index in [-0.39, 0.29) is 24.2 Å². The maximum atomic E-state index is 12.5. The number of hydrogen-bond acceptors (Lipinski definition) is 8.